The van der Waals surface area contributed by atoms with Crippen molar-refractivity contribution in [2.45, 2.75) is 25.4 Å². The fourth-order valence-electron chi connectivity index (χ4n) is 2.74. The number of carbonyl (C=O) groups excluding carboxylic acids is 1. The average molecular weight is 328 g/mol. The molecule has 0 aliphatic carbocycles. The van der Waals surface area contributed by atoms with Gasteiger partial charge in [0.15, 0.2) is 0 Å². The molecule has 124 valence electrons. The van der Waals surface area contributed by atoms with E-state index < -0.39 is 0 Å². The van der Waals surface area contributed by atoms with Gasteiger partial charge in [0.05, 0.1) is 13.7 Å². The molecule has 1 saturated heterocycles. The smallest absolute Gasteiger partial charge is 0.234 e. The molecule has 1 aromatic rings. The van der Waals surface area contributed by atoms with Crippen molar-refractivity contribution in [2.75, 3.05) is 33.8 Å². The fourth-order valence-corrected chi connectivity index (χ4v) is 2.74. The van der Waals surface area contributed by atoms with E-state index in [4.69, 9.17) is 4.74 Å². The van der Waals surface area contributed by atoms with E-state index in [0.717, 1.165) is 30.8 Å². The summed E-state index contributed by atoms with van der Waals surface area (Å²) in [6.45, 7) is 2.91. The highest BCUT2D eigenvalue weighted by molar-refractivity contribution is 5.85. The van der Waals surface area contributed by atoms with Crippen molar-refractivity contribution in [2.24, 2.45) is 0 Å². The zero-order valence-electron chi connectivity index (χ0n) is 13.3. The number of nitrogens with one attached hydrogen (secondary N) is 2. The molecular weight excluding hydrogens is 302 g/mol. The third kappa shape index (κ3) is 5.48. The van der Waals surface area contributed by atoms with Crippen LogP contribution in [0, 0.1) is 0 Å². The number of nitrogens with zero attached hydrogens (tertiary/aromatic N) is 1. The number of piperidine rings is 1. The number of rotatable bonds is 6. The number of benzene rings is 1. The molecule has 1 unspecified atom stereocenters. The predicted octanol–water partition coefficient (Wildman–Crippen LogP) is 1.42. The van der Waals surface area contributed by atoms with Crippen LogP contribution in [0.3, 0.4) is 0 Å². The SMILES string of the molecule is CNC1CCCN(CC(=O)NCc2ccccc2OC)C1.Cl. The molecular formula is C16H26ClN3O2. The van der Waals surface area contributed by atoms with E-state index in [-0.39, 0.29) is 18.3 Å². The van der Waals surface area contributed by atoms with E-state index in [1.807, 2.05) is 31.3 Å². The van der Waals surface area contributed by atoms with Gasteiger partial charge in [-0.15, -0.1) is 12.4 Å². The number of methoxy groups -OCH3 is 1. The highest BCUT2D eigenvalue weighted by Crippen LogP contribution is 2.16. The third-order valence-electron chi connectivity index (χ3n) is 3.95. The number of hydrogen-bond donors (Lipinski definition) is 2. The molecule has 1 aromatic carbocycles. The number of amides is 1. The van der Waals surface area contributed by atoms with Crippen LogP contribution in [-0.2, 0) is 11.3 Å². The lowest BCUT2D eigenvalue weighted by Crippen LogP contribution is -2.47. The van der Waals surface area contributed by atoms with Crippen LogP contribution in [-0.4, -0.2) is 50.6 Å². The lowest BCUT2D eigenvalue weighted by Gasteiger charge is -2.31. The zero-order chi connectivity index (χ0) is 15.1. The second-order valence-corrected chi connectivity index (χ2v) is 5.45. The predicted molar refractivity (Wildman–Crippen MR) is 90.6 cm³/mol. The Labute approximate surface area is 138 Å². The number of carbonyl (C=O) groups is 1. The molecule has 1 heterocycles. The van der Waals surface area contributed by atoms with Gasteiger partial charge in [0.1, 0.15) is 5.75 Å². The van der Waals surface area contributed by atoms with E-state index in [1.54, 1.807) is 7.11 Å². The minimum absolute atomic E-state index is 0. The number of hydrogen-bond acceptors (Lipinski definition) is 4. The van der Waals surface area contributed by atoms with Crippen molar-refractivity contribution in [1.29, 1.82) is 0 Å². The highest BCUT2D eigenvalue weighted by Gasteiger charge is 2.20. The van der Waals surface area contributed by atoms with Crippen LogP contribution in [0.25, 0.3) is 0 Å². The van der Waals surface area contributed by atoms with Crippen LogP contribution in [0.5, 0.6) is 5.75 Å². The second-order valence-electron chi connectivity index (χ2n) is 5.45. The summed E-state index contributed by atoms with van der Waals surface area (Å²) in [4.78, 5) is 14.3. The van der Waals surface area contributed by atoms with Gasteiger partial charge >= 0.3 is 0 Å². The maximum Gasteiger partial charge on any atom is 0.234 e. The van der Waals surface area contributed by atoms with Crippen molar-refractivity contribution in [1.82, 2.24) is 15.5 Å². The van der Waals surface area contributed by atoms with E-state index in [2.05, 4.69) is 15.5 Å². The van der Waals surface area contributed by atoms with Crippen LogP contribution >= 0.6 is 12.4 Å². The van der Waals surface area contributed by atoms with E-state index >= 15 is 0 Å². The molecule has 0 spiro atoms. The van der Waals surface area contributed by atoms with Gasteiger partial charge in [-0.3, -0.25) is 9.69 Å². The Morgan fingerprint density at radius 1 is 1.41 bits per heavy atom. The summed E-state index contributed by atoms with van der Waals surface area (Å²) in [6.07, 6.45) is 2.33. The maximum atomic E-state index is 12.1. The maximum absolute atomic E-state index is 12.1. The number of halogens is 1. The molecule has 1 aliphatic heterocycles. The van der Waals surface area contributed by atoms with Crippen molar-refractivity contribution >= 4 is 18.3 Å². The number of ether oxygens (including phenoxy) is 1. The van der Waals surface area contributed by atoms with Gasteiger partial charge in [0.25, 0.3) is 0 Å². The molecule has 1 amide bonds. The third-order valence-corrected chi connectivity index (χ3v) is 3.95. The summed E-state index contributed by atoms with van der Waals surface area (Å²) in [5, 5.41) is 6.26. The lowest BCUT2D eigenvalue weighted by atomic mass is 10.1. The number of likely N-dealkylation sites (tertiary alicyclic amines) is 1. The zero-order valence-corrected chi connectivity index (χ0v) is 14.1. The van der Waals surface area contributed by atoms with Crippen LogP contribution in [0.1, 0.15) is 18.4 Å². The summed E-state index contributed by atoms with van der Waals surface area (Å²) in [5.41, 5.74) is 1.00. The van der Waals surface area contributed by atoms with Gasteiger partial charge < -0.3 is 15.4 Å². The molecule has 2 rings (SSSR count). The molecule has 1 atom stereocenters. The first kappa shape index (κ1) is 18.7. The quantitative estimate of drug-likeness (QED) is 0.829. The van der Waals surface area contributed by atoms with Gasteiger partial charge in [-0.05, 0) is 32.5 Å². The van der Waals surface area contributed by atoms with Gasteiger partial charge in [-0.25, -0.2) is 0 Å². The summed E-state index contributed by atoms with van der Waals surface area (Å²) in [5.74, 6) is 0.878. The van der Waals surface area contributed by atoms with Crippen molar-refractivity contribution in [3.05, 3.63) is 29.8 Å². The van der Waals surface area contributed by atoms with Crippen LogP contribution in [0.15, 0.2) is 24.3 Å². The molecule has 6 heteroatoms. The lowest BCUT2D eigenvalue weighted by molar-refractivity contribution is -0.122. The Balaban J connectivity index is 0.00000242. The monoisotopic (exact) mass is 327 g/mol. The summed E-state index contributed by atoms with van der Waals surface area (Å²) in [7, 11) is 3.63. The minimum Gasteiger partial charge on any atom is -0.496 e. The van der Waals surface area contributed by atoms with Crippen molar-refractivity contribution in [3.63, 3.8) is 0 Å². The Morgan fingerprint density at radius 2 is 2.18 bits per heavy atom. The van der Waals surface area contributed by atoms with Crippen LogP contribution in [0.4, 0.5) is 0 Å². The molecule has 0 bridgehead atoms. The average Bonchev–Trinajstić information content (AvgIpc) is 2.53. The first-order valence-electron chi connectivity index (χ1n) is 7.51. The normalized spacial score (nSPS) is 18.4. The Kier molecular flexibility index (Phi) is 8.24. The summed E-state index contributed by atoms with van der Waals surface area (Å²) < 4.78 is 5.29. The Hall–Kier alpha value is -1.30. The van der Waals surface area contributed by atoms with E-state index in [1.165, 1.54) is 6.42 Å². The van der Waals surface area contributed by atoms with Gasteiger partial charge in [-0.1, -0.05) is 18.2 Å². The summed E-state index contributed by atoms with van der Waals surface area (Å²) in [6, 6.07) is 8.25. The van der Waals surface area contributed by atoms with E-state index in [0.29, 0.717) is 19.1 Å². The van der Waals surface area contributed by atoms with Crippen LogP contribution < -0.4 is 15.4 Å². The molecule has 0 aromatic heterocycles. The molecule has 1 aliphatic rings. The first-order chi connectivity index (χ1) is 10.2. The molecule has 2 N–H and O–H groups in total. The fraction of sp³-hybridized carbons (Fsp3) is 0.562. The molecule has 0 saturated carbocycles. The Morgan fingerprint density at radius 3 is 2.91 bits per heavy atom. The van der Waals surface area contributed by atoms with Crippen LogP contribution in [0.2, 0.25) is 0 Å². The second kappa shape index (κ2) is 9.66. The van der Waals surface area contributed by atoms with Gasteiger partial charge in [-0.2, -0.15) is 0 Å². The molecule has 5 nitrogen and oxygen atoms in total. The Bertz CT molecular complexity index is 470. The largest absolute Gasteiger partial charge is 0.496 e. The van der Waals surface area contributed by atoms with Crippen molar-refractivity contribution in [3.8, 4) is 5.75 Å². The molecule has 22 heavy (non-hydrogen) atoms. The number of para-hydroxylation sites is 1. The first-order valence-corrected chi connectivity index (χ1v) is 7.51. The highest BCUT2D eigenvalue weighted by atomic mass is 35.5. The van der Waals surface area contributed by atoms with E-state index in [9.17, 15) is 4.79 Å². The standard InChI is InChI=1S/C16H25N3O2.ClH/c1-17-14-7-5-9-19(11-14)12-16(20)18-10-13-6-3-4-8-15(13)21-2;/h3-4,6,8,14,17H,5,7,9-12H2,1-2H3,(H,18,20);1H. The topological polar surface area (TPSA) is 53.6 Å². The van der Waals surface area contributed by atoms with Gasteiger partial charge in [0.2, 0.25) is 5.91 Å². The molecule has 0 radical (unpaired) electrons. The minimum atomic E-state index is 0. The van der Waals surface area contributed by atoms with Gasteiger partial charge in [0, 0.05) is 24.7 Å². The number of likely N-dealkylation sites (N-methyl/N-ethyl adjacent to an activating group) is 1. The van der Waals surface area contributed by atoms with Crippen molar-refractivity contribution < 1.29 is 9.53 Å². The summed E-state index contributed by atoms with van der Waals surface area (Å²) >= 11 is 0. The molecule has 1 fully saturated rings.